The molecule has 0 radical (unpaired) electrons. The standard InChI is InChI=1S/C21H37N2O9P/c1-13-12-23(19(25)22-17(13)24)18-16(29-10-9-28-8)15(14(30-18)11-20(2,3)4)31-33(26,27)32-21(5,6)7/h12,14-16,18H,9-11H2,1-8H3,(H,26,27)(H,22,24,25)/t14-,15?,16+,18-/m1/s1. The van der Waals surface area contributed by atoms with Gasteiger partial charge in [0.25, 0.3) is 5.56 Å². The van der Waals surface area contributed by atoms with Crippen LogP contribution in [0.5, 0.6) is 0 Å². The number of nitrogens with zero attached hydrogens (tertiary/aromatic N) is 1. The number of phosphoric ester groups is 1. The molecule has 2 N–H and O–H groups in total. The number of aromatic nitrogens is 2. The number of hydrogen-bond acceptors (Lipinski definition) is 8. The van der Waals surface area contributed by atoms with Gasteiger partial charge < -0.3 is 19.1 Å². The van der Waals surface area contributed by atoms with Crippen molar-refractivity contribution >= 4 is 7.82 Å². The van der Waals surface area contributed by atoms with Gasteiger partial charge in [0.2, 0.25) is 0 Å². The maximum atomic E-state index is 12.8. The van der Waals surface area contributed by atoms with Crippen molar-refractivity contribution < 1.29 is 32.7 Å². The molecule has 2 heterocycles. The summed E-state index contributed by atoms with van der Waals surface area (Å²) in [5.74, 6) is 0. The van der Waals surface area contributed by atoms with Gasteiger partial charge >= 0.3 is 13.5 Å². The van der Waals surface area contributed by atoms with Crippen molar-refractivity contribution in [1.82, 2.24) is 9.55 Å². The number of H-pyrrole nitrogens is 1. The summed E-state index contributed by atoms with van der Waals surface area (Å²) in [6.45, 7) is 12.8. The number of aryl methyl sites for hydroxylation is 1. The second kappa shape index (κ2) is 10.5. The Morgan fingerprint density at radius 2 is 1.79 bits per heavy atom. The second-order valence-electron chi connectivity index (χ2n) is 10.4. The Hall–Kier alpha value is -1.33. The predicted octanol–water partition coefficient (Wildman–Crippen LogP) is 2.51. The Balaban J connectivity index is 2.51. The van der Waals surface area contributed by atoms with Gasteiger partial charge in [-0.2, -0.15) is 0 Å². The summed E-state index contributed by atoms with van der Waals surface area (Å²) in [5.41, 5.74) is -2.08. The van der Waals surface area contributed by atoms with Crippen molar-refractivity contribution in [2.24, 2.45) is 5.41 Å². The van der Waals surface area contributed by atoms with Crippen molar-refractivity contribution in [3.8, 4) is 0 Å². The molecular weight excluding hydrogens is 455 g/mol. The fraction of sp³-hybridized carbons (Fsp3) is 0.810. The van der Waals surface area contributed by atoms with Crippen LogP contribution in [0.4, 0.5) is 0 Å². The van der Waals surface area contributed by atoms with E-state index in [0.717, 1.165) is 0 Å². The number of hydrogen-bond donors (Lipinski definition) is 2. The zero-order valence-corrected chi connectivity index (χ0v) is 21.5. The molecule has 1 aromatic rings. The molecule has 190 valence electrons. The quantitative estimate of drug-likeness (QED) is 0.393. The third-order valence-corrected chi connectivity index (χ3v) is 6.05. The number of rotatable bonds is 9. The lowest BCUT2D eigenvalue weighted by Gasteiger charge is -2.31. The molecule has 2 unspecified atom stereocenters. The molecule has 11 nitrogen and oxygen atoms in total. The van der Waals surface area contributed by atoms with E-state index in [2.05, 4.69) is 4.98 Å². The topological polar surface area (TPSA) is 138 Å². The summed E-state index contributed by atoms with van der Waals surface area (Å²) in [7, 11) is -3.02. The van der Waals surface area contributed by atoms with Crippen LogP contribution in [-0.2, 0) is 27.8 Å². The summed E-state index contributed by atoms with van der Waals surface area (Å²) in [6, 6.07) is 0. The molecule has 1 fully saturated rings. The van der Waals surface area contributed by atoms with Crippen LogP contribution in [0.1, 0.15) is 59.8 Å². The smallest absolute Gasteiger partial charge is 0.382 e. The van der Waals surface area contributed by atoms with Gasteiger partial charge in [0, 0.05) is 18.9 Å². The SMILES string of the molecule is COCCO[C@H]1C(OP(=O)(O)OC(C)(C)C)[C@@H](CC(C)(C)C)O[C@H]1n1cc(C)c(=O)[nH]c1=O. The first-order valence-corrected chi connectivity index (χ1v) is 12.3. The summed E-state index contributed by atoms with van der Waals surface area (Å²) < 4.78 is 42.2. The fourth-order valence-electron chi connectivity index (χ4n) is 3.57. The van der Waals surface area contributed by atoms with E-state index in [9.17, 15) is 19.0 Å². The minimum atomic E-state index is -4.53. The number of ether oxygens (including phenoxy) is 3. The molecule has 0 aliphatic carbocycles. The monoisotopic (exact) mass is 492 g/mol. The van der Waals surface area contributed by atoms with E-state index in [1.165, 1.54) is 17.9 Å². The van der Waals surface area contributed by atoms with Crippen LogP contribution in [0.15, 0.2) is 15.8 Å². The van der Waals surface area contributed by atoms with E-state index >= 15 is 0 Å². The van der Waals surface area contributed by atoms with Crippen LogP contribution in [0.3, 0.4) is 0 Å². The highest BCUT2D eigenvalue weighted by atomic mass is 31.2. The molecule has 5 atom stereocenters. The van der Waals surface area contributed by atoms with Gasteiger partial charge in [0.15, 0.2) is 6.23 Å². The zero-order chi connectivity index (χ0) is 25.2. The van der Waals surface area contributed by atoms with Crippen molar-refractivity contribution in [3.63, 3.8) is 0 Å². The highest BCUT2D eigenvalue weighted by molar-refractivity contribution is 7.47. The predicted molar refractivity (Wildman–Crippen MR) is 121 cm³/mol. The van der Waals surface area contributed by atoms with Gasteiger partial charge in [0.1, 0.15) is 12.2 Å². The second-order valence-corrected chi connectivity index (χ2v) is 11.7. The van der Waals surface area contributed by atoms with Crippen molar-refractivity contribution in [2.75, 3.05) is 20.3 Å². The molecule has 1 aliphatic heterocycles. The maximum absolute atomic E-state index is 12.8. The Bertz CT molecular complexity index is 960. The number of methoxy groups -OCH3 is 1. The van der Waals surface area contributed by atoms with Gasteiger partial charge in [-0.15, -0.1) is 0 Å². The van der Waals surface area contributed by atoms with Gasteiger partial charge in [-0.25, -0.2) is 9.36 Å². The highest BCUT2D eigenvalue weighted by Gasteiger charge is 2.51. The highest BCUT2D eigenvalue weighted by Crippen LogP contribution is 2.52. The molecule has 1 aromatic heterocycles. The number of aromatic amines is 1. The van der Waals surface area contributed by atoms with Crippen LogP contribution in [0.2, 0.25) is 0 Å². The van der Waals surface area contributed by atoms with Gasteiger partial charge in [-0.1, -0.05) is 20.8 Å². The Morgan fingerprint density at radius 3 is 2.33 bits per heavy atom. The van der Waals surface area contributed by atoms with E-state index in [1.54, 1.807) is 27.7 Å². The first-order chi connectivity index (χ1) is 15.0. The fourth-order valence-corrected chi connectivity index (χ4v) is 4.87. The van der Waals surface area contributed by atoms with Crippen LogP contribution in [-0.4, -0.2) is 58.7 Å². The molecule has 1 saturated heterocycles. The van der Waals surface area contributed by atoms with Gasteiger partial charge in [0.05, 0.1) is 24.9 Å². The Labute approximate surface area is 194 Å². The van der Waals surface area contributed by atoms with E-state index in [1.807, 2.05) is 20.8 Å². The van der Waals surface area contributed by atoms with Gasteiger partial charge in [-0.05, 0) is 39.5 Å². The molecule has 0 spiro atoms. The third-order valence-electron chi connectivity index (χ3n) is 4.76. The summed E-state index contributed by atoms with van der Waals surface area (Å²) in [5, 5.41) is 0. The van der Waals surface area contributed by atoms with E-state index in [0.29, 0.717) is 12.0 Å². The van der Waals surface area contributed by atoms with Crippen molar-refractivity contribution in [1.29, 1.82) is 0 Å². The number of phosphoric acid groups is 1. The lowest BCUT2D eigenvalue weighted by atomic mass is 9.87. The minimum absolute atomic E-state index is 0.121. The lowest BCUT2D eigenvalue weighted by Crippen LogP contribution is -2.41. The Kier molecular flexibility index (Phi) is 8.89. The molecule has 0 amide bonds. The van der Waals surface area contributed by atoms with Crippen LogP contribution in [0, 0.1) is 12.3 Å². The average molecular weight is 493 g/mol. The molecule has 0 bridgehead atoms. The molecule has 33 heavy (non-hydrogen) atoms. The molecule has 12 heteroatoms. The van der Waals surface area contributed by atoms with Crippen LogP contribution >= 0.6 is 7.82 Å². The van der Waals surface area contributed by atoms with Crippen LogP contribution < -0.4 is 11.2 Å². The molecule has 2 rings (SSSR count). The van der Waals surface area contributed by atoms with Gasteiger partial charge in [-0.3, -0.25) is 23.4 Å². The van der Waals surface area contributed by atoms with Crippen LogP contribution in [0.25, 0.3) is 0 Å². The summed E-state index contributed by atoms with van der Waals surface area (Å²) in [4.78, 5) is 37.2. The van der Waals surface area contributed by atoms with E-state index in [-0.39, 0.29) is 18.6 Å². The first-order valence-electron chi connectivity index (χ1n) is 10.8. The molecule has 0 saturated carbocycles. The van der Waals surface area contributed by atoms with E-state index in [4.69, 9.17) is 23.3 Å². The summed E-state index contributed by atoms with van der Waals surface area (Å²) in [6.07, 6.45) is -1.91. The lowest BCUT2D eigenvalue weighted by molar-refractivity contribution is -0.0817. The minimum Gasteiger partial charge on any atom is -0.382 e. The van der Waals surface area contributed by atoms with E-state index < -0.39 is 49.2 Å². The van der Waals surface area contributed by atoms with Crippen molar-refractivity contribution in [2.45, 2.75) is 85.0 Å². The average Bonchev–Trinajstić information content (AvgIpc) is 2.91. The molecule has 1 aliphatic rings. The molecular formula is C21H37N2O9P. The summed E-state index contributed by atoms with van der Waals surface area (Å²) >= 11 is 0. The largest absolute Gasteiger partial charge is 0.473 e. The van der Waals surface area contributed by atoms with Crippen molar-refractivity contribution in [3.05, 3.63) is 32.6 Å². The maximum Gasteiger partial charge on any atom is 0.473 e. The molecule has 0 aromatic carbocycles. The third kappa shape index (κ3) is 8.13. The normalized spacial score (nSPS) is 25.8. The Morgan fingerprint density at radius 1 is 1.15 bits per heavy atom. The zero-order valence-electron chi connectivity index (χ0n) is 20.6. The first kappa shape index (κ1) is 27.9. The number of nitrogens with one attached hydrogen (secondary N) is 1.